The molecule has 2 aromatic heterocycles. The molecule has 4 aromatic rings. The second-order valence-corrected chi connectivity index (χ2v) is 7.57. The average Bonchev–Trinajstić information content (AvgIpc) is 3.20. The van der Waals surface area contributed by atoms with Gasteiger partial charge in [0.15, 0.2) is 0 Å². The summed E-state index contributed by atoms with van der Waals surface area (Å²) in [4.78, 5) is 30.5. The molecule has 0 unspecified atom stereocenters. The number of carbonyl (C=O) groups excluding carboxylic acids is 1. The summed E-state index contributed by atoms with van der Waals surface area (Å²) in [5.74, 6) is -0.348. The molecule has 5 nitrogen and oxygen atoms in total. The molecule has 0 spiro atoms. The summed E-state index contributed by atoms with van der Waals surface area (Å²) in [5.41, 5.74) is 3.13. The molecule has 6 heteroatoms. The lowest BCUT2D eigenvalue weighted by molar-refractivity contribution is 0.0505. The molecule has 0 atom stereocenters. The van der Waals surface area contributed by atoms with E-state index in [-0.39, 0.29) is 11.5 Å². The van der Waals surface area contributed by atoms with Crippen LogP contribution in [0.2, 0.25) is 0 Å². The fraction of sp³-hybridized carbons (Fsp3) is 0.174. The average molecular weight is 404 g/mol. The number of thiophene rings is 1. The first-order valence-corrected chi connectivity index (χ1v) is 10.3. The first-order valence-electron chi connectivity index (χ1n) is 9.45. The zero-order valence-corrected chi connectivity index (χ0v) is 16.8. The van der Waals surface area contributed by atoms with Gasteiger partial charge in [-0.05, 0) is 29.7 Å². The summed E-state index contributed by atoms with van der Waals surface area (Å²) >= 11 is 1.47. The standard InChI is InChI=1S/C23H20N2O3S/c1-2-11-28-23(27)18-10-6-7-16(12-18)13-25-15-24-21-20(22(25)26)19(14-29-21)17-8-4-3-5-9-17/h3-10,12,14-15H,2,11,13H2,1H3. The summed E-state index contributed by atoms with van der Waals surface area (Å²) in [7, 11) is 0. The molecule has 4 rings (SSSR count). The summed E-state index contributed by atoms with van der Waals surface area (Å²) in [5, 5.41) is 2.60. The summed E-state index contributed by atoms with van der Waals surface area (Å²) in [6.45, 7) is 2.68. The monoisotopic (exact) mass is 404 g/mol. The van der Waals surface area contributed by atoms with Crippen LogP contribution < -0.4 is 5.56 Å². The molecule has 0 amide bonds. The normalized spacial score (nSPS) is 10.9. The van der Waals surface area contributed by atoms with Gasteiger partial charge in [0.25, 0.3) is 5.56 Å². The quantitative estimate of drug-likeness (QED) is 0.436. The van der Waals surface area contributed by atoms with E-state index in [0.717, 1.165) is 27.9 Å². The van der Waals surface area contributed by atoms with Gasteiger partial charge in [0.05, 0.1) is 30.4 Å². The summed E-state index contributed by atoms with van der Waals surface area (Å²) in [6.07, 6.45) is 2.34. The van der Waals surface area contributed by atoms with Crippen molar-refractivity contribution in [1.82, 2.24) is 9.55 Å². The van der Waals surface area contributed by atoms with Gasteiger partial charge in [-0.15, -0.1) is 11.3 Å². The number of fused-ring (bicyclic) bond motifs is 1. The van der Waals surface area contributed by atoms with Gasteiger partial charge in [-0.2, -0.15) is 0 Å². The molecular formula is C23H20N2O3S. The van der Waals surface area contributed by atoms with Crippen LogP contribution in [0.15, 0.2) is 71.1 Å². The minimum Gasteiger partial charge on any atom is -0.462 e. The molecule has 29 heavy (non-hydrogen) atoms. The second kappa shape index (κ2) is 8.41. The van der Waals surface area contributed by atoms with E-state index < -0.39 is 0 Å². The third-order valence-electron chi connectivity index (χ3n) is 4.60. The number of carbonyl (C=O) groups is 1. The molecule has 0 aliphatic carbocycles. The first kappa shape index (κ1) is 19.1. The van der Waals surface area contributed by atoms with Crippen LogP contribution in [-0.4, -0.2) is 22.1 Å². The van der Waals surface area contributed by atoms with Crippen molar-refractivity contribution in [2.45, 2.75) is 19.9 Å². The van der Waals surface area contributed by atoms with Gasteiger partial charge >= 0.3 is 5.97 Å². The van der Waals surface area contributed by atoms with Crippen LogP contribution in [0.4, 0.5) is 0 Å². The molecule has 146 valence electrons. The van der Waals surface area contributed by atoms with E-state index in [1.54, 1.807) is 29.1 Å². The lowest BCUT2D eigenvalue weighted by Crippen LogP contribution is -2.21. The molecule has 0 fully saturated rings. The van der Waals surface area contributed by atoms with E-state index in [9.17, 15) is 9.59 Å². The largest absolute Gasteiger partial charge is 0.462 e. The summed E-state index contributed by atoms with van der Waals surface area (Å²) < 4.78 is 6.78. The Morgan fingerprint density at radius 1 is 1.14 bits per heavy atom. The topological polar surface area (TPSA) is 61.2 Å². The van der Waals surface area contributed by atoms with Crippen molar-refractivity contribution in [3.05, 3.63) is 87.8 Å². The molecule has 0 N–H and O–H groups in total. The van der Waals surface area contributed by atoms with Crippen LogP contribution >= 0.6 is 11.3 Å². The fourth-order valence-electron chi connectivity index (χ4n) is 3.18. The van der Waals surface area contributed by atoms with E-state index in [1.165, 1.54) is 11.3 Å². The van der Waals surface area contributed by atoms with Crippen LogP contribution in [0.3, 0.4) is 0 Å². The van der Waals surface area contributed by atoms with E-state index in [0.29, 0.717) is 24.1 Å². The van der Waals surface area contributed by atoms with Crippen molar-refractivity contribution in [2.75, 3.05) is 6.61 Å². The number of rotatable bonds is 6. The number of esters is 1. The molecule has 2 aromatic carbocycles. The SMILES string of the molecule is CCCOC(=O)c1cccc(Cn2cnc3scc(-c4ccccc4)c3c2=O)c1. The molecule has 0 aliphatic heterocycles. The Labute approximate surface area is 172 Å². The van der Waals surface area contributed by atoms with Gasteiger partial charge in [-0.1, -0.05) is 49.4 Å². The van der Waals surface area contributed by atoms with E-state index in [2.05, 4.69) is 4.98 Å². The highest BCUT2D eigenvalue weighted by molar-refractivity contribution is 7.17. The maximum Gasteiger partial charge on any atom is 0.338 e. The Bertz CT molecular complexity index is 1210. The maximum absolute atomic E-state index is 13.2. The maximum atomic E-state index is 13.2. The van der Waals surface area contributed by atoms with Crippen molar-refractivity contribution < 1.29 is 9.53 Å². The van der Waals surface area contributed by atoms with Gasteiger partial charge in [0.2, 0.25) is 0 Å². The van der Waals surface area contributed by atoms with Gasteiger partial charge < -0.3 is 4.74 Å². The number of nitrogens with zero attached hydrogens (tertiary/aromatic N) is 2. The van der Waals surface area contributed by atoms with Crippen LogP contribution in [0.25, 0.3) is 21.3 Å². The predicted molar refractivity (Wildman–Crippen MR) is 115 cm³/mol. The van der Waals surface area contributed by atoms with Crippen molar-refractivity contribution >= 4 is 27.5 Å². The van der Waals surface area contributed by atoms with Crippen molar-refractivity contribution in [3.63, 3.8) is 0 Å². The highest BCUT2D eigenvalue weighted by Crippen LogP contribution is 2.30. The minimum absolute atomic E-state index is 0.0888. The third kappa shape index (κ3) is 3.98. The molecule has 0 bridgehead atoms. The Kier molecular flexibility index (Phi) is 5.53. The number of benzene rings is 2. The van der Waals surface area contributed by atoms with Crippen molar-refractivity contribution in [1.29, 1.82) is 0 Å². The summed E-state index contributed by atoms with van der Waals surface area (Å²) in [6, 6.07) is 17.0. The number of ether oxygens (including phenoxy) is 1. The fourth-order valence-corrected chi connectivity index (χ4v) is 4.09. The first-order chi connectivity index (χ1) is 14.2. The minimum atomic E-state index is -0.348. The predicted octanol–water partition coefficient (Wildman–Crippen LogP) is 4.74. The lowest BCUT2D eigenvalue weighted by Gasteiger charge is -2.08. The Hall–Kier alpha value is -3.25. The van der Waals surface area contributed by atoms with Crippen molar-refractivity contribution in [3.8, 4) is 11.1 Å². The number of hydrogen-bond donors (Lipinski definition) is 0. The Morgan fingerprint density at radius 2 is 1.97 bits per heavy atom. The zero-order valence-electron chi connectivity index (χ0n) is 16.0. The molecule has 0 saturated carbocycles. The smallest absolute Gasteiger partial charge is 0.338 e. The van der Waals surface area contributed by atoms with Crippen LogP contribution in [0, 0.1) is 0 Å². The lowest BCUT2D eigenvalue weighted by atomic mass is 10.1. The highest BCUT2D eigenvalue weighted by Gasteiger charge is 2.14. The van der Waals surface area contributed by atoms with Crippen LogP contribution in [-0.2, 0) is 11.3 Å². The highest BCUT2D eigenvalue weighted by atomic mass is 32.1. The van der Waals surface area contributed by atoms with Gasteiger partial charge in [-0.3, -0.25) is 9.36 Å². The van der Waals surface area contributed by atoms with E-state index >= 15 is 0 Å². The number of hydrogen-bond acceptors (Lipinski definition) is 5. The Morgan fingerprint density at radius 3 is 2.76 bits per heavy atom. The van der Waals surface area contributed by atoms with E-state index in [1.807, 2.05) is 48.7 Å². The third-order valence-corrected chi connectivity index (χ3v) is 5.48. The van der Waals surface area contributed by atoms with Crippen LogP contribution in [0.5, 0.6) is 0 Å². The number of aromatic nitrogens is 2. The molecule has 0 aliphatic rings. The Balaban J connectivity index is 1.68. The second-order valence-electron chi connectivity index (χ2n) is 6.71. The molecule has 2 heterocycles. The van der Waals surface area contributed by atoms with Crippen LogP contribution in [0.1, 0.15) is 29.3 Å². The molecular weight excluding hydrogens is 384 g/mol. The van der Waals surface area contributed by atoms with Gasteiger partial charge in [-0.25, -0.2) is 9.78 Å². The molecule has 0 radical (unpaired) electrons. The zero-order chi connectivity index (χ0) is 20.2. The van der Waals surface area contributed by atoms with E-state index in [4.69, 9.17) is 4.74 Å². The van der Waals surface area contributed by atoms with Gasteiger partial charge in [0.1, 0.15) is 4.83 Å². The van der Waals surface area contributed by atoms with Gasteiger partial charge in [0, 0.05) is 10.9 Å². The molecule has 0 saturated heterocycles. The van der Waals surface area contributed by atoms with Crippen molar-refractivity contribution in [2.24, 2.45) is 0 Å².